The average molecular weight is 96.1 g/mol. The van der Waals surface area contributed by atoms with Gasteiger partial charge in [-0.15, -0.1) is 0 Å². The van der Waals surface area contributed by atoms with Gasteiger partial charge in [0.05, 0.1) is 17.3 Å². The lowest BCUT2D eigenvalue weighted by Crippen LogP contribution is -2.15. The molecule has 0 unspecified atom stereocenters. The molecule has 0 amide bonds. The van der Waals surface area contributed by atoms with Crippen molar-refractivity contribution in [2.24, 2.45) is 0 Å². The molecule has 0 spiro atoms. The Morgan fingerprint density at radius 3 is 2.17 bits per heavy atom. The molecule has 3 nitrogen and oxygen atoms in total. The molecule has 0 aromatic rings. The van der Waals surface area contributed by atoms with Gasteiger partial charge in [-0.2, -0.15) is 0 Å². The first kappa shape index (κ1) is 2.26. The molecular formula is C3H8O3. The first-order valence-electron chi connectivity index (χ1n) is 2.94. The summed E-state index contributed by atoms with van der Waals surface area (Å²) in [6, 6.07) is 0. The zero-order valence-corrected chi connectivity index (χ0v) is 3.00. The molecule has 0 radical (unpaired) electrons. The van der Waals surface area contributed by atoms with Gasteiger partial charge in [0.2, 0.25) is 0 Å². The standard InChI is InChI=1S/C3H8O3/c4-1-3(6)2-5/h3-6H,1-2H2/i1D2,2+1D/t2-,3+/m1/s1. The van der Waals surface area contributed by atoms with Crippen molar-refractivity contribution in [3.63, 3.8) is 0 Å². The van der Waals surface area contributed by atoms with Gasteiger partial charge < -0.3 is 15.3 Å². The summed E-state index contributed by atoms with van der Waals surface area (Å²) in [7, 11) is 0. The van der Waals surface area contributed by atoms with Crippen LogP contribution in [-0.4, -0.2) is 34.6 Å². The van der Waals surface area contributed by atoms with E-state index in [1.807, 2.05) is 0 Å². The van der Waals surface area contributed by atoms with Crippen LogP contribution >= 0.6 is 0 Å². The van der Waals surface area contributed by atoms with Crippen LogP contribution in [0.4, 0.5) is 0 Å². The van der Waals surface area contributed by atoms with E-state index in [2.05, 4.69) is 0 Å². The summed E-state index contributed by atoms with van der Waals surface area (Å²) in [4.78, 5) is 0. The monoisotopic (exact) mass is 96.1 g/mol. The van der Waals surface area contributed by atoms with Crippen molar-refractivity contribution in [2.75, 3.05) is 13.1 Å². The summed E-state index contributed by atoms with van der Waals surface area (Å²) in [6.45, 7) is -4.91. The molecule has 0 aromatic heterocycles. The summed E-state index contributed by atoms with van der Waals surface area (Å²) in [6.07, 6.45) is -2.07. The topological polar surface area (TPSA) is 60.7 Å². The minimum absolute atomic E-state index is 2.01. The first-order valence-corrected chi connectivity index (χ1v) is 1.36. The van der Waals surface area contributed by atoms with Crippen LogP contribution in [0.5, 0.6) is 0 Å². The van der Waals surface area contributed by atoms with E-state index in [1.54, 1.807) is 0 Å². The molecule has 2 atom stereocenters. The highest BCUT2D eigenvalue weighted by molar-refractivity contribution is 4.43. The van der Waals surface area contributed by atoms with Gasteiger partial charge in [0.25, 0.3) is 0 Å². The predicted octanol–water partition coefficient (Wildman–Crippen LogP) is -1.67. The van der Waals surface area contributed by atoms with Crippen molar-refractivity contribution in [3.8, 4) is 0 Å². The third kappa shape index (κ3) is 2.14. The molecule has 0 saturated heterocycles. The Morgan fingerprint density at radius 1 is 1.67 bits per heavy atom. The smallest absolute Gasteiger partial charge is 0.100 e. The Kier molecular flexibility index (Phi) is 1.16. The van der Waals surface area contributed by atoms with Crippen LogP contribution in [0.25, 0.3) is 0 Å². The summed E-state index contributed by atoms with van der Waals surface area (Å²) in [5, 5.41) is 24.8. The Labute approximate surface area is 40.1 Å². The van der Waals surface area contributed by atoms with E-state index >= 15 is 0 Å². The zero-order chi connectivity index (χ0) is 7.65. The molecule has 0 aromatic carbocycles. The molecule has 3 N–H and O–H groups in total. The third-order valence-electron chi connectivity index (χ3n) is 0.273. The van der Waals surface area contributed by atoms with Gasteiger partial charge in [-0.1, -0.05) is 0 Å². The maximum Gasteiger partial charge on any atom is 0.100 e. The molecule has 38 valence electrons. The van der Waals surface area contributed by atoms with Gasteiger partial charge in [0.15, 0.2) is 0 Å². The highest BCUT2D eigenvalue weighted by atomic mass is 16.4. The molecule has 0 bridgehead atoms. The van der Waals surface area contributed by atoms with Crippen LogP contribution in [0.15, 0.2) is 0 Å². The van der Waals surface area contributed by atoms with E-state index in [0.29, 0.717) is 0 Å². The van der Waals surface area contributed by atoms with Gasteiger partial charge in [0.1, 0.15) is 6.10 Å². The van der Waals surface area contributed by atoms with Crippen LogP contribution in [0.2, 0.25) is 0 Å². The van der Waals surface area contributed by atoms with Gasteiger partial charge in [-0.3, -0.25) is 0 Å². The second-order valence-electron chi connectivity index (χ2n) is 0.723. The lowest BCUT2D eigenvalue weighted by Gasteiger charge is -1.96. The quantitative estimate of drug-likeness (QED) is 0.360. The van der Waals surface area contributed by atoms with Crippen molar-refractivity contribution in [1.29, 1.82) is 0 Å². The fourth-order valence-electron chi connectivity index (χ4n) is 0.0333. The largest absolute Gasteiger partial charge is 0.394 e. The minimum Gasteiger partial charge on any atom is -0.394 e. The van der Waals surface area contributed by atoms with Gasteiger partial charge in [0, 0.05) is 0 Å². The van der Waals surface area contributed by atoms with Gasteiger partial charge in [-0.25, -0.2) is 0 Å². The van der Waals surface area contributed by atoms with E-state index in [-0.39, 0.29) is 0 Å². The fraction of sp³-hybridized carbons (Fsp3) is 1.00. The van der Waals surface area contributed by atoms with Crippen LogP contribution in [0.3, 0.4) is 0 Å². The second kappa shape index (κ2) is 3.08. The number of aliphatic hydroxyl groups excluding tert-OH is 2. The Balaban J connectivity index is 3.88. The maximum atomic E-state index is 8.40. The lowest BCUT2D eigenvalue weighted by molar-refractivity contribution is 0.0450. The highest BCUT2D eigenvalue weighted by Crippen LogP contribution is 1.71. The molecule has 0 rings (SSSR count). The maximum absolute atomic E-state index is 8.40. The van der Waals surface area contributed by atoms with Crippen molar-refractivity contribution < 1.29 is 19.4 Å². The third-order valence-corrected chi connectivity index (χ3v) is 0.273. The molecule has 0 aliphatic heterocycles. The zero-order valence-electron chi connectivity index (χ0n) is 6.00. The van der Waals surface area contributed by atoms with E-state index in [9.17, 15) is 0 Å². The van der Waals surface area contributed by atoms with Crippen molar-refractivity contribution in [2.45, 2.75) is 6.10 Å². The molecule has 0 saturated carbocycles. The SMILES string of the molecule is [2H][13C@@H](O)[C@@H](O)C([2H])([2H])O. The number of rotatable bonds is 2. The Morgan fingerprint density at radius 2 is 2.17 bits per heavy atom. The molecular weight excluding hydrogens is 85.0 g/mol. The van der Waals surface area contributed by atoms with Crippen LogP contribution in [0, 0.1) is 0 Å². The lowest BCUT2D eigenvalue weighted by atomic mass is 10.6. The average Bonchev–Trinajstić information content (AvgIpc) is 1.62. The predicted molar refractivity (Wildman–Crippen MR) is 20.2 cm³/mol. The van der Waals surface area contributed by atoms with Crippen molar-refractivity contribution in [3.05, 3.63) is 0 Å². The van der Waals surface area contributed by atoms with Crippen molar-refractivity contribution >= 4 is 0 Å². The normalized spacial score (nSPS) is 29.5. The summed E-state index contributed by atoms with van der Waals surface area (Å²) in [5.74, 6) is 0. The van der Waals surface area contributed by atoms with Gasteiger partial charge in [-0.05, 0) is 0 Å². The highest BCUT2D eigenvalue weighted by Gasteiger charge is 1.93. The van der Waals surface area contributed by atoms with Crippen LogP contribution in [-0.2, 0) is 0 Å². The van der Waals surface area contributed by atoms with Gasteiger partial charge >= 0.3 is 0 Å². The summed E-state index contributed by atoms with van der Waals surface area (Å²) in [5.41, 5.74) is 0. The number of hydrogen-bond acceptors (Lipinski definition) is 3. The molecule has 3 heteroatoms. The van der Waals surface area contributed by atoms with E-state index in [4.69, 9.17) is 19.4 Å². The van der Waals surface area contributed by atoms with Crippen LogP contribution in [0.1, 0.15) is 4.11 Å². The fourth-order valence-corrected chi connectivity index (χ4v) is 0.0333. The second-order valence-corrected chi connectivity index (χ2v) is 0.723. The van der Waals surface area contributed by atoms with E-state index < -0.39 is 19.2 Å². The molecule has 0 heterocycles. The van der Waals surface area contributed by atoms with E-state index in [1.165, 1.54) is 0 Å². The first-order chi connectivity index (χ1) is 3.85. The Bertz CT molecular complexity index is 88.8. The van der Waals surface area contributed by atoms with E-state index in [0.717, 1.165) is 0 Å². The molecule has 0 fully saturated rings. The molecule has 6 heavy (non-hydrogen) atoms. The van der Waals surface area contributed by atoms with Crippen molar-refractivity contribution in [1.82, 2.24) is 0 Å². The number of aliphatic hydroxyl groups is 3. The van der Waals surface area contributed by atoms with Crippen LogP contribution < -0.4 is 0 Å². The summed E-state index contributed by atoms with van der Waals surface area (Å²) < 4.78 is 19.1. The number of hydrogen-bond donors (Lipinski definition) is 3. The minimum atomic E-state index is -2.90. The summed E-state index contributed by atoms with van der Waals surface area (Å²) >= 11 is 0. The molecule has 0 aliphatic carbocycles. The Hall–Kier alpha value is -0.120. The molecule has 0 aliphatic rings.